The first-order valence-corrected chi connectivity index (χ1v) is 8.03. The van der Waals surface area contributed by atoms with Crippen molar-refractivity contribution in [3.05, 3.63) is 29.8 Å². The second-order valence-electron chi connectivity index (χ2n) is 6.14. The molecular formula is C17H25N3O3. The molecule has 2 rings (SSSR count). The molecule has 1 aromatic rings. The first-order chi connectivity index (χ1) is 11.0. The summed E-state index contributed by atoms with van der Waals surface area (Å²) in [6, 6.07) is 7.78. The lowest BCUT2D eigenvalue weighted by atomic mass is 9.96. The third-order valence-corrected chi connectivity index (χ3v) is 4.25. The summed E-state index contributed by atoms with van der Waals surface area (Å²) in [5.74, 6) is 5.94. The van der Waals surface area contributed by atoms with Crippen molar-refractivity contribution in [1.29, 1.82) is 0 Å². The van der Waals surface area contributed by atoms with Crippen LogP contribution in [0, 0.1) is 5.92 Å². The van der Waals surface area contributed by atoms with Gasteiger partial charge in [0.05, 0.1) is 0 Å². The van der Waals surface area contributed by atoms with Crippen LogP contribution < -0.4 is 16.0 Å². The third-order valence-electron chi connectivity index (χ3n) is 4.25. The van der Waals surface area contributed by atoms with Gasteiger partial charge in [-0.2, -0.15) is 0 Å². The van der Waals surface area contributed by atoms with Gasteiger partial charge in [-0.15, -0.1) is 0 Å². The van der Waals surface area contributed by atoms with Crippen molar-refractivity contribution in [3.8, 4) is 5.75 Å². The van der Waals surface area contributed by atoms with Gasteiger partial charge in [0, 0.05) is 19.0 Å². The molecule has 1 fully saturated rings. The molecular weight excluding hydrogens is 294 g/mol. The minimum Gasteiger partial charge on any atom is -0.483 e. The smallest absolute Gasteiger partial charge is 0.260 e. The largest absolute Gasteiger partial charge is 0.483 e. The summed E-state index contributed by atoms with van der Waals surface area (Å²) in [5, 5.41) is 0. The third kappa shape index (κ3) is 4.45. The maximum Gasteiger partial charge on any atom is 0.260 e. The molecule has 0 aliphatic carbocycles. The van der Waals surface area contributed by atoms with E-state index in [1.54, 1.807) is 4.90 Å². The second kappa shape index (κ2) is 7.97. The number of likely N-dealkylation sites (tertiary alicyclic amines) is 1. The molecule has 1 aromatic carbocycles. The quantitative estimate of drug-likeness (QED) is 0.488. The summed E-state index contributed by atoms with van der Waals surface area (Å²) >= 11 is 0. The molecule has 0 bridgehead atoms. The molecule has 0 atom stereocenters. The van der Waals surface area contributed by atoms with Gasteiger partial charge in [-0.1, -0.05) is 32.0 Å². The Kier molecular flexibility index (Phi) is 5.98. The van der Waals surface area contributed by atoms with Crippen LogP contribution in [0.15, 0.2) is 24.3 Å². The fraction of sp³-hybridized carbons (Fsp3) is 0.529. The Morgan fingerprint density at radius 3 is 2.57 bits per heavy atom. The number of para-hydroxylation sites is 1. The molecule has 23 heavy (non-hydrogen) atoms. The number of nitrogens with zero attached hydrogens (tertiary/aromatic N) is 1. The SMILES string of the molecule is CC(C)c1ccccc1OCC(=O)N1CCC(C(=O)NN)CC1. The van der Waals surface area contributed by atoms with Gasteiger partial charge in [0.25, 0.3) is 5.91 Å². The maximum atomic E-state index is 12.3. The van der Waals surface area contributed by atoms with E-state index in [2.05, 4.69) is 19.3 Å². The number of nitrogens with one attached hydrogen (secondary N) is 1. The number of carbonyl (C=O) groups excluding carboxylic acids is 2. The number of benzene rings is 1. The highest BCUT2D eigenvalue weighted by Gasteiger charge is 2.27. The Morgan fingerprint density at radius 2 is 1.96 bits per heavy atom. The van der Waals surface area contributed by atoms with E-state index in [-0.39, 0.29) is 24.3 Å². The molecule has 0 unspecified atom stereocenters. The zero-order chi connectivity index (χ0) is 16.8. The normalized spacial score (nSPS) is 15.6. The molecule has 1 aliphatic rings. The highest BCUT2D eigenvalue weighted by Crippen LogP contribution is 2.26. The van der Waals surface area contributed by atoms with Crippen molar-refractivity contribution in [3.63, 3.8) is 0 Å². The second-order valence-corrected chi connectivity index (χ2v) is 6.14. The Balaban J connectivity index is 1.86. The number of nitrogens with two attached hydrogens (primary N) is 1. The van der Waals surface area contributed by atoms with Crippen LogP contribution in [0.25, 0.3) is 0 Å². The molecule has 1 heterocycles. The number of hydrogen-bond acceptors (Lipinski definition) is 4. The molecule has 0 saturated carbocycles. The van der Waals surface area contributed by atoms with Gasteiger partial charge in [-0.3, -0.25) is 15.0 Å². The van der Waals surface area contributed by atoms with E-state index in [9.17, 15) is 9.59 Å². The van der Waals surface area contributed by atoms with Gasteiger partial charge < -0.3 is 9.64 Å². The molecule has 126 valence electrons. The highest BCUT2D eigenvalue weighted by molar-refractivity contribution is 5.80. The van der Waals surface area contributed by atoms with E-state index in [0.29, 0.717) is 31.8 Å². The summed E-state index contributed by atoms with van der Waals surface area (Å²) in [6.07, 6.45) is 1.27. The van der Waals surface area contributed by atoms with Gasteiger partial charge >= 0.3 is 0 Å². The topological polar surface area (TPSA) is 84.7 Å². The van der Waals surface area contributed by atoms with E-state index in [0.717, 1.165) is 11.3 Å². The van der Waals surface area contributed by atoms with Gasteiger partial charge in [0.15, 0.2) is 6.61 Å². The number of rotatable bonds is 5. The summed E-state index contributed by atoms with van der Waals surface area (Å²) < 4.78 is 5.72. The van der Waals surface area contributed by atoms with Crippen molar-refractivity contribution in [1.82, 2.24) is 10.3 Å². The van der Waals surface area contributed by atoms with Crippen molar-refractivity contribution < 1.29 is 14.3 Å². The highest BCUT2D eigenvalue weighted by atomic mass is 16.5. The lowest BCUT2D eigenvalue weighted by Crippen LogP contribution is -2.45. The Bertz CT molecular complexity index is 552. The first-order valence-electron chi connectivity index (χ1n) is 8.03. The van der Waals surface area contributed by atoms with Crippen molar-refractivity contribution in [2.24, 2.45) is 11.8 Å². The average Bonchev–Trinajstić information content (AvgIpc) is 2.59. The fourth-order valence-corrected chi connectivity index (χ4v) is 2.83. The Morgan fingerprint density at radius 1 is 1.30 bits per heavy atom. The molecule has 6 heteroatoms. The molecule has 0 aromatic heterocycles. The molecule has 0 spiro atoms. The number of ether oxygens (including phenoxy) is 1. The van der Waals surface area contributed by atoms with E-state index in [1.165, 1.54) is 0 Å². The minimum absolute atomic E-state index is 0.0253. The zero-order valence-electron chi connectivity index (χ0n) is 13.7. The molecule has 2 amide bonds. The predicted molar refractivity (Wildman–Crippen MR) is 87.7 cm³/mol. The van der Waals surface area contributed by atoms with Crippen molar-refractivity contribution >= 4 is 11.8 Å². The van der Waals surface area contributed by atoms with Crippen LogP contribution in [-0.2, 0) is 9.59 Å². The summed E-state index contributed by atoms with van der Waals surface area (Å²) in [6.45, 7) is 5.34. The molecule has 6 nitrogen and oxygen atoms in total. The number of carbonyl (C=O) groups is 2. The molecule has 1 saturated heterocycles. The van der Waals surface area contributed by atoms with Crippen LogP contribution in [-0.4, -0.2) is 36.4 Å². The van der Waals surface area contributed by atoms with E-state index in [1.807, 2.05) is 24.3 Å². The van der Waals surface area contributed by atoms with Crippen LogP contribution in [0.3, 0.4) is 0 Å². The van der Waals surface area contributed by atoms with Gasteiger partial charge in [0.1, 0.15) is 5.75 Å². The lowest BCUT2D eigenvalue weighted by Gasteiger charge is -2.31. The molecule has 0 radical (unpaired) electrons. The van der Waals surface area contributed by atoms with E-state index >= 15 is 0 Å². The summed E-state index contributed by atoms with van der Waals surface area (Å²) in [5.41, 5.74) is 3.27. The Hall–Kier alpha value is -2.08. The number of hydrogen-bond donors (Lipinski definition) is 2. The van der Waals surface area contributed by atoms with Crippen molar-refractivity contribution in [2.45, 2.75) is 32.6 Å². The van der Waals surface area contributed by atoms with Crippen LogP contribution >= 0.6 is 0 Å². The Labute approximate surface area is 136 Å². The van der Waals surface area contributed by atoms with Gasteiger partial charge in [-0.05, 0) is 30.4 Å². The maximum absolute atomic E-state index is 12.3. The number of hydrazine groups is 1. The van der Waals surface area contributed by atoms with E-state index in [4.69, 9.17) is 10.6 Å². The van der Waals surface area contributed by atoms with Crippen LogP contribution in [0.4, 0.5) is 0 Å². The summed E-state index contributed by atoms with van der Waals surface area (Å²) in [4.78, 5) is 25.5. The van der Waals surface area contributed by atoms with Crippen LogP contribution in [0.5, 0.6) is 5.75 Å². The average molecular weight is 319 g/mol. The van der Waals surface area contributed by atoms with Crippen molar-refractivity contribution in [2.75, 3.05) is 19.7 Å². The minimum atomic E-state index is -0.154. The first kappa shape index (κ1) is 17.3. The molecule has 1 aliphatic heterocycles. The number of amides is 2. The van der Waals surface area contributed by atoms with Crippen LogP contribution in [0.2, 0.25) is 0 Å². The summed E-state index contributed by atoms with van der Waals surface area (Å²) in [7, 11) is 0. The standard InChI is InChI=1S/C17H25N3O3/c1-12(2)14-5-3-4-6-15(14)23-11-16(21)20-9-7-13(8-10-20)17(22)19-18/h3-6,12-13H,7-11,18H2,1-2H3,(H,19,22). The van der Waals surface area contributed by atoms with Crippen LogP contribution in [0.1, 0.15) is 38.2 Å². The number of piperidine rings is 1. The monoisotopic (exact) mass is 319 g/mol. The van der Waals surface area contributed by atoms with Gasteiger partial charge in [-0.25, -0.2) is 5.84 Å². The van der Waals surface area contributed by atoms with Gasteiger partial charge in [0.2, 0.25) is 5.91 Å². The fourth-order valence-electron chi connectivity index (χ4n) is 2.83. The van der Waals surface area contributed by atoms with E-state index < -0.39 is 0 Å². The zero-order valence-corrected chi connectivity index (χ0v) is 13.7. The lowest BCUT2D eigenvalue weighted by molar-refractivity contribution is -0.137. The molecule has 3 N–H and O–H groups in total. The predicted octanol–water partition coefficient (Wildman–Crippen LogP) is 1.42.